The number of carbonyl (C=O) groups is 1. The van der Waals surface area contributed by atoms with Gasteiger partial charge in [-0.15, -0.1) is 0 Å². The summed E-state index contributed by atoms with van der Waals surface area (Å²) >= 11 is 5.68. The first-order valence-electron chi connectivity index (χ1n) is 6.67. The van der Waals surface area contributed by atoms with Gasteiger partial charge < -0.3 is 5.32 Å². The Morgan fingerprint density at radius 3 is 2.50 bits per heavy atom. The monoisotopic (exact) mass is 296 g/mol. The number of anilines is 1. The molecule has 3 nitrogen and oxygen atoms in total. The van der Waals surface area contributed by atoms with E-state index in [0.29, 0.717) is 25.7 Å². The third kappa shape index (κ3) is 3.49. The number of rotatable bonds is 6. The second-order valence-electron chi connectivity index (χ2n) is 4.75. The smallest absolute Gasteiger partial charge is 0.244 e. The van der Waals surface area contributed by atoms with E-state index in [0.717, 1.165) is 0 Å². The van der Waals surface area contributed by atoms with Gasteiger partial charge in [-0.1, -0.05) is 44.4 Å². The summed E-state index contributed by atoms with van der Waals surface area (Å²) in [6.07, 6.45) is 2.31. The van der Waals surface area contributed by atoms with Crippen LogP contribution in [0.3, 0.4) is 0 Å². The minimum Gasteiger partial charge on any atom is -0.322 e. The summed E-state index contributed by atoms with van der Waals surface area (Å²) in [6, 6.07) is 6.49. The molecule has 0 heterocycles. The molecule has 0 unspecified atom stereocenters. The minimum atomic E-state index is -1.11. The Morgan fingerprint density at radius 2 is 2.00 bits per heavy atom. The van der Waals surface area contributed by atoms with Crippen LogP contribution < -0.4 is 5.32 Å². The summed E-state index contributed by atoms with van der Waals surface area (Å²) in [7, 11) is 0. The fourth-order valence-corrected chi connectivity index (χ4v) is 2.39. The Morgan fingerprint density at radius 1 is 1.40 bits per heavy atom. The van der Waals surface area contributed by atoms with E-state index in [1.54, 1.807) is 6.07 Å². The molecule has 0 radical (unpaired) electrons. The molecule has 5 heteroatoms. The van der Waals surface area contributed by atoms with Crippen LogP contribution in [0.1, 0.15) is 39.5 Å². The second kappa shape index (κ2) is 7.25. The van der Waals surface area contributed by atoms with Crippen LogP contribution in [-0.4, -0.2) is 5.91 Å². The second-order valence-corrected chi connectivity index (χ2v) is 5.16. The van der Waals surface area contributed by atoms with Crippen LogP contribution in [0.4, 0.5) is 10.1 Å². The van der Waals surface area contributed by atoms with Crippen molar-refractivity contribution < 1.29 is 9.18 Å². The van der Waals surface area contributed by atoms with Gasteiger partial charge in [-0.05, 0) is 25.0 Å². The molecular formula is C15H18ClFN2O. The highest BCUT2D eigenvalue weighted by Gasteiger charge is 2.37. The quantitative estimate of drug-likeness (QED) is 0.838. The van der Waals surface area contributed by atoms with Crippen molar-refractivity contribution >= 4 is 23.2 Å². The molecule has 1 aromatic carbocycles. The van der Waals surface area contributed by atoms with Crippen LogP contribution in [0.5, 0.6) is 0 Å². The molecule has 20 heavy (non-hydrogen) atoms. The number of hydrogen-bond acceptors (Lipinski definition) is 2. The maximum atomic E-state index is 13.8. The minimum absolute atomic E-state index is 0.00864. The first-order valence-corrected chi connectivity index (χ1v) is 7.05. The number of amides is 1. The molecule has 108 valence electrons. The fourth-order valence-electron chi connectivity index (χ4n) is 2.21. The van der Waals surface area contributed by atoms with Crippen LogP contribution in [0, 0.1) is 22.6 Å². The molecule has 0 atom stereocenters. The average Bonchev–Trinajstić information content (AvgIpc) is 2.43. The number of carbonyl (C=O) groups excluding carboxylic acids is 1. The Bertz CT molecular complexity index is 519. The molecule has 1 rings (SSSR count). The number of benzene rings is 1. The highest BCUT2D eigenvalue weighted by Crippen LogP contribution is 2.32. The van der Waals surface area contributed by atoms with Gasteiger partial charge in [-0.25, -0.2) is 4.39 Å². The predicted molar refractivity (Wildman–Crippen MR) is 77.9 cm³/mol. The maximum absolute atomic E-state index is 13.8. The number of hydrogen-bond donors (Lipinski definition) is 1. The van der Waals surface area contributed by atoms with Crippen molar-refractivity contribution in [1.82, 2.24) is 0 Å². The topological polar surface area (TPSA) is 52.9 Å². The molecular weight excluding hydrogens is 279 g/mol. The van der Waals surface area contributed by atoms with Gasteiger partial charge in [0.15, 0.2) is 5.82 Å². The van der Waals surface area contributed by atoms with Crippen molar-refractivity contribution in [2.75, 3.05) is 5.32 Å². The molecule has 1 amide bonds. The molecule has 0 spiro atoms. The molecule has 0 bridgehead atoms. The zero-order valence-corrected chi connectivity index (χ0v) is 12.4. The molecule has 1 aromatic rings. The predicted octanol–water partition coefficient (Wildman–Crippen LogP) is 4.53. The Kier molecular flexibility index (Phi) is 5.97. The van der Waals surface area contributed by atoms with E-state index in [4.69, 9.17) is 11.6 Å². The van der Waals surface area contributed by atoms with Gasteiger partial charge in [0.1, 0.15) is 5.41 Å². The van der Waals surface area contributed by atoms with E-state index >= 15 is 0 Å². The lowest BCUT2D eigenvalue weighted by Crippen LogP contribution is -2.35. The van der Waals surface area contributed by atoms with E-state index < -0.39 is 17.1 Å². The van der Waals surface area contributed by atoms with Crippen molar-refractivity contribution in [2.45, 2.75) is 39.5 Å². The van der Waals surface area contributed by atoms with Crippen LogP contribution in [0.2, 0.25) is 5.02 Å². The van der Waals surface area contributed by atoms with Gasteiger partial charge in [0.2, 0.25) is 5.91 Å². The summed E-state index contributed by atoms with van der Waals surface area (Å²) in [5.41, 5.74) is -1.10. The summed E-state index contributed by atoms with van der Waals surface area (Å²) in [5.74, 6) is -1.15. The molecule has 0 aliphatic heterocycles. The fraction of sp³-hybridized carbons (Fsp3) is 0.467. The lowest BCUT2D eigenvalue weighted by Gasteiger charge is -2.24. The van der Waals surface area contributed by atoms with E-state index in [2.05, 4.69) is 11.4 Å². The number of nitriles is 1. The van der Waals surface area contributed by atoms with Gasteiger partial charge in [0, 0.05) is 0 Å². The summed E-state index contributed by atoms with van der Waals surface area (Å²) in [4.78, 5) is 12.4. The molecule has 0 aliphatic rings. The molecule has 0 saturated carbocycles. The SMILES string of the molecule is CCCC(C#N)(CCC)C(=O)Nc1cccc(Cl)c1F. The highest BCUT2D eigenvalue weighted by molar-refractivity contribution is 6.31. The molecule has 1 N–H and O–H groups in total. The van der Waals surface area contributed by atoms with Gasteiger partial charge in [-0.3, -0.25) is 4.79 Å². The largest absolute Gasteiger partial charge is 0.322 e. The molecule has 0 aromatic heterocycles. The van der Waals surface area contributed by atoms with E-state index in [9.17, 15) is 14.4 Å². The molecule has 0 saturated heterocycles. The van der Waals surface area contributed by atoms with Gasteiger partial charge in [0.25, 0.3) is 0 Å². The van der Waals surface area contributed by atoms with E-state index in [-0.39, 0.29) is 10.7 Å². The van der Waals surface area contributed by atoms with Gasteiger partial charge in [-0.2, -0.15) is 5.26 Å². The Hall–Kier alpha value is -1.60. The third-order valence-corrected chi connectivity index (χ3v) is 3.49. The van der Waals surface area contributed by atoms with E-state index in [1.807, 2.05) is 13.8 Å². The van der Waals surface area contributed by atoms with Crippen LogP contribution in [0.15, 0.2) is 18.2 Å². The Labute approximate surface area is 123 Å². The van der Waals surface area contributed by atoms with Crippen LogP contribution >= 0.6 is 11.6 Å². The average molecular weight is 297 g/mol. The molecule has 0 aliphatic carbocycles. The normalized spacial score (nSPS) is 10.9. The first kappa shape index (κ1) is 16.5. The van der Waals surface area contributed by atoms with Crippen molar-refractivity contribution in [3.63, 3.8) is 0 Å². The summed E-state index contributed by atoms with van der Waals surface area (Å²) in [5, 5.41) is 11.8. The summed E-state index contributed by atoms with van der Waals surface area (Å²) < 4.78 is 13.8. The number of nitrogens with zero attached hydrogens (tertiary/aromatic N) is 1. The van der Waals surface area contributed by atoms with E-state index in [1.165, 1.54) is 12.1 Å². The number of nitrogens with one attached hydrogen (secondary N) is 1. The van der Waals surface area contributed by atoms with Crippen molar-refractivity contribution in [1.29, 1.82) is 5.26 Å². The third-order valence-electron chi connectivity index (χ3n) is 3.20. The lowest BCUT2D eigenvalue weighted by atomic mass is 9.79. The molecule has 0 fully saturated rings. The van der Waals surface area contributed by atoms with Crippen molar-refractivity contribution in [3.05, 3.63) is 29.0 Å². The van der Waals surface area contributed by atoms with Gasteiger partial charge in [0.05, 0.1) is 16.8 Å². The van der Waals surface area contributed by atoms with Crippen LogP contribution in [-0.2, 0) is 4.79 Å². The summed E-state index contributed by atoms with van der Waals surface area (Å²) in [6.45, 7) is 3.82. The van der Waals surface area contributed by atoms with Gasteiger partial charge >= 0.3 is 0 Å². The van der Waals surface area contributed by atoms with Crippen molar-refractivity contribution in [3.8, 4) is 6.07 Å². The highest BCUT2D eigenvalue weighted by atomic mass is 35.5. The zero-order valence-electron chi connectivity index (χ0n) is 11.7. The number of halogens is 2. The standard InChI is InChI=1S/C15H18ClFN2O/c1-3-8-15(10-18,9-4-2)14(20)19-12-7-5-6-11(16)13(12)17/h5-7H,3-4,8-9H2,1-2H3,(H,19,20). The van der Waals surface area contributed by atoms with Crippen LogP contribution in [0.25, 0.3) is 0 Å². The lowest BCUT2D eigenvalue weighted by molar-refractivity contribution is -0.123. The maximum Gasteiger partial charge on any atom is 0.244 e. The Balaban J connectivity index is 3.02. The first-order chi connectivity index (χ1) is 9.50. The van der Waals surface area contributed by atoms with Crippen molar-refractivity contribution in [2.24, 2.45) is 5.41 Å². The zero-order chi connectivity index (χ0) is 15.2.